The highest BCUT2D eigenvalue weighted by Crippen LogP contribution is 2.23. The van der Waals surface area contributed by atoms with E-state index < -0.39 is 49.5 Å². The van der Waals surface area contributed by atoms with Crippen molar-refractivity contribution in [2.75, 3.05) is 13.2 Å². The maximum atomic E-state index is 13.0. The van der Waals surface area contributed by atoms with Gasteiger partial charge in [-0.2, -0.15) is 0 Å². The highest BCUT2D eigenvalue weighted by Gasteiger charge is 2.44. The van der Waals surface area contributed by atoms with Gasteiger partial charge in [0.05, 0.1) is 25.4 Å². The van der Waals surface area contributed by atoms with E-state index >= 15 is 0 Å². The fourth-order valence-corrected chi connectivity index (χ4v) is 8.90. The van der Waals surface area contributed by atoms with Crippen LogP contribution in [0.1, 0.15) is 264 Å². The minimum atomic E-state index is -1.55. The summed E-state index contributed by atoms with van der Waals surface area (Å²) in [5, 5.41) is 54.6. The summed E-state index contributed by atoms with van der Waals surface area (Å²) < 4.78 is 11.3. The third-order valence-electron chi connectivity index (χ3n) is 13.3. The standard InChI is InChI=1S/C55H105NO8/c1-3-5-7-9-11-13-15-17-19-21-22-23-24-25-26-27-28-29-30-32-34-36-38-40-42-44-49(58)48(47-63-55-54(62)53(61)52(60)50(46-57)64-55)56-51(59)45-43-41-39-37-35-33-31-20-18-16-14-12-10-8-6-4-2/h14,16,20,31,48-50,52-55,57-58,60-62H,3-13,15,17-19,21-30,32-47H2,1-2H3,(H,56,59)/b16-14-,31-20-. The number of allylic oxidation sites excluding steroid dienone is 4. The monoisotopic (exact) mass is 908 g/mol. The lowest BCUT2D eigenvalue weighted by atomic mass is 9.99. The van der Waals surface area contributed by atoms with Crippen LogP contribution in [0.4, 0.5) is 0 Å². The van der Waals surface area contributed by atoms with Crippen molar-refractivity contribution in [2.45, 2.75) is 307 Å². The van der Waals surface area contributed by atoms with Gasteiger partial charge in [0.1, 0.15) is 24.4 Å². The Bertz CT molecular complexity index is 1060. The maximum Gasteiger partial charge on any atom is 0.220 e. The molecule has 0 radical (unpaired) electrons. The van der Waals surface area contributed by atoms with Gasteiger partial charge < -0.3 is 40.3 Å². The Morgan fingerprint density at radius 2 is 0.922 bits per heavy atom. The van der Waals surface area contributed by atoms with Gasteiger partial charge in [0.25, 0.3) is 0 Å². The van der Waals surface area contributed by atoms with E-state index in [-0.39, 0.29) is 12.5 Å². The number of aliphatic hydroxyl groups excluding tert-OH is 5. The van der Waals surface area contributed by atoms with Gasteiger partial charge in [-0.25, -0.2) is 0 Å². The average molecular weight is 908 g/mol. The fourth-order valence-electron chi connectivity index (χ4n) is 8.90. The third kappa shape index (κ3) is 34.9. The van der Waals surface area contributed by atoms with E-state index in [9.17, 15) is 30.3 Å². The molecule has 1 fully saturated rings. The Kier molecular flexibility index (Phi) is 43.1. The molecule has 0 aromatic rings. The van der Waals surface area contributed by atoms with Crippen LogP contribution in [-0.2, 0) is 14.3 Å². The van der Waals surface area contributed by atoms with Crippen molar-refractivity contribution < 1.29 is 39.8 Å². The third-order valence-corrected chi connectivity index (χ3v) is 13.3. The first-order valence-electron chi connectivity index (χ1n) is 27.5. The average Bonchev–Trinajstić information content (AvgIpc) is 3.29. The topological polar surface area (TPSA) is 149 Å². The van der Waals surface area contributed by atoms with Gasteiger partial charge in [-0.3, -0.25) is 4.79 Å². The zero-order valence-corrected chi connectivity index (χ0v) is 41.8. The quantitative estimate of drug-likeness (QED) is 0.0261. The molecule has 64 heavy (non-hydrogen) atoms. The Hall–Kier alpha value is -1.33. The molecule has 6 N–H and O–H groups in total. The lowest BCUT2D eigenvalue weighted by Gasteiger charge is -2.40. The Morgan fingerprint density at radius 1 is 0.531 bits per heavy atom. The summed E-state index contributed by atoms with van der Waals surface area (Å²) in [6.07, 6.45) is 49.1. The van der Waals surface area contributed by atoms with Crippen LogP contribution in [0.2, 0.25) is 0 Å². The smallest absolute Gasteiger partial charge is 0.220 e. The second-order valence-electron chi connectivity index (χ2n) is 19.4. The lowest BCUT2D eigenvalue weighted by molar-refractivity contribution is -0.302. The molecule has 1 aliphatic heterocycles. The van der Waals surface area contributed by atoms with E-state index in [1.54, 1.807) is 0 Å². The van der Waals surface area contributed by atoms with Crippen molar-refractivity contribution in [3.05, 3.63) is 24.3 Å². The number of nitrogens with one attached hydrogen (secondary N) is 1. The van der Waals surface area contributed by atoms with Crippen molar-refractivity contribution in [3.63, 3.8) is 0 Å². The van der Waals surface area contributed by atoms with Crippen molar-refractivity contribution in [1.29, 1.82) is 0 Å². The van der Waals surface area contributed by atoms with E-state index in [1.807, 2.05) is 0 Å². The second-order valence-corrected chi connectivity index (χ2v) is 19.4. The predicted octanol–water partition coefficient (Wildman–Crippen LogP) is 13.0. The van der Waals surface area contributed by atoms with Crippen LogP contribution in [0, 0.1) is 0 Å². The number of amides is 1. The van der Waals surface area contributed by atoms with E-state index in [4.69, 9.17) is 9.47 Å². The van der Waals surface area contributed by atoms with Gasteiger partial charge in [0.15, 0.2) is 6.29 Å². The molecule has 7 unspecified atom stereocenters. The molecule has 1 amide bonds. The highest BCUT2D eigenvalue weighted by atomic mass is 16.7. The zero-order chi connectivity index (χ0) is 46.6. The Balaban J connectivity index is 2.21. The summed E-state index contributed by atoms with van der Waals surface area (Å²) in [6, 6.07) is -0.725. The predicted molar refractivity (Wildman–Crippen MR) is 267 cm³/mol. The van der Waals surface area contributed by atoms with E-state index in [0.717, 1.165) is 64.2 Å². The molecule has 378 valence electrons. The molecule has 1 saturated heterocycles. The molecule has 1 heterocycles. The van der Waals surface area contributed by atoms with Crippen LogP contribution in [0.3, 0.4) is 0 Å². The molecule has 1 rings (SSSR count). The highest BCUT2D eigenvalue weighted by molar-refractivity contribution is 5.76. The summed E-state index contributed by atoms with van der Waals surface area (Å²) in [5.74, 6) is -0.155. The Labute approximate surface area is 394 Å². The summed E-state index contributed by atoms with van der Waals surface area (Å²) in [4.78, 5) is 13.0. The zero-order valence-electron chi connectivity index (χ0n) is 41.8. The number of carbonyl (C=O) groups excluding carboxylic acids is 1. The normalized spacial score (nSPS) is 20.1. The van der Waals surface area contributed by atoms with Crippen LogP contribution >= 0.6 is 0 Å². The van der Waals surface area contributed by atoms with Crippen molar-refractivity contribution in [2.24, 2.45) is 0 Å². The number of unbranched alkanes of at least 4 members (excludes halogenated alkanes) is 33. The van der Waals surface area contributed by atoms with Crippen LogP contribution in [0.5, 0.6) is 0 Å². The molecule has 7 atom stereocenters. The summed E-state index contributed by atoms with van der Waals surface area (Å²) in [6.45, 7) is 3.83. The first-order chi connectivity index (χ1) is 31.3. The SMILES string of the molecule is CCCCCC/C=C\C/C=C\CCCCCCCC(=O)NC(COC1OC(CO)C(O)C(O)C1O)C(O)CCCCCCCCCCCCCCCCCCCCCCCCCCC. The number of hydrogen-bond donors (Lipinski definition) is 6. The molecule has 0 saturated carbocycles. The van der Waals surface area contributed by atoms with E-state index in [1.165, 1.54) is 173 Å². The summed E-state index contributed by atoms with van der Waals surface area (Å²) in [7, 11) is 0. The van der Waals surface area contributed by atoms with Gasteiger partial charge >= 0.3 is 0 Å². The van der Waals surface area contributed by atoms with Crippen molar-refractivity contribution >= 4 is 5.91 Å². The molecule has 9 heteroatoms. The van der Waals surface area contributed by atoms with E-state index in [0.29, 0.717) is 12.8 Å². The molecule has 9 nitrogen and oxygen atoms in total. The van der Waals surface area contributed by atoms with Gasteiger partial charge in [-0.05, 0) is 44.9 Å². The van der Waals surface area contributed by atoms with E-state index in [2.05, 4.69) is 43.5 Å². The molecule has 0 bridgehead atoms. The van der Waals surface area contributed by atoms with Crippen molar-refractivity contribution in [3.8, 4) is 0 Å². The van der Waals surface area contributed by atoms with Gasteiger partial charge in [-0.1, -0.05) is 237 Å². The lowest BCUT2D eigenvalue weighted by Crippen LogP contribution is -2.60. The molecular formula is C55H105NO8. The number of carbonyl (C=O) groups is 1. The summed E-state index contributed by atoms with van der Waals surface area (Å²) in [5.41, 5.74) is 0. The van der Waals surface area contributed by atoms with Crippen LogP contribution in [-0.4, -0.2) is 87.5 Å². The van der Waals surface area contributed by atoms with Crippen LogP contribution in [0.15, 0.2) is 24.3 Å². The van der Waals surface area contributed by atoms with Crippen molar-refractivity contribution in [1.82, 2.24) is 5.32 Å². The Morgan fingerprint density at radius 3 is 1.36 bits per heavy atom. The fraction of sp³-hybridized carbons (Fsp3) is 0.909. The molecule has 1 aliphatic rings. The van der Waals surface area contributed by atoms with Crippen LogP contribution in [0.25, 0.3) is 0 Å². The van der Waals surface area contributed by atoms with Gasteiger partial charge in [0.2, 0.25) is 5.91 Å². The maximum absolute atomic E-state index is 13.0. The van der Waals surface area contributed by atoms with Gasteiger partial charge in [-0.15, -0.1) is 0 Å². The first-order valence-corrected chi connectivity index (χ1v) is 27.5. The first kappa shape index (κ1) is 60.7. The summed E-state index contributed by atoms with van der Waals surface area (Å²) >= 11 is 0. The number of ether oxygens (including phenoxy) is 2. The van der Waals surface area contributed by atoms with Gasteiger partial charge in [0, 0.05) is 6.42 Å². The number of hydrogen-bond acceptors (Lipinski definition) is 8. The number of rotatable bonds is 47. The molecular weight excluding hydrogens is 803 g/mol. The second kappa shape index (κ2) is 45.5. The largest absolute Gasteiger partial charge is 0.394 e. The molecule has 0 aromatic heterocycles. The molecule has 0 aliphatic carbocycles. The minimum absolute atomic E-state index is 0.142. The molecule has 0 aromatic carbocycles. The minimum Gasteiger partial charge on any atom is -0.394 e. The molecule has 0 spiro atoms. The van der Waals surface area contributed by atoms with Crippen LogP contribution < -0.4 is 5.32 Å². The number of aliphatic hydroxyl groups is 5.